The lowest BCUT2D eigenvalue weighted by molar-refractivity contribution is 0.284. The Kier molecular flexibility index (Phi) is 6.79. The van der Waals surface area contributed by atoms with Crippen LogP contribution in [-0.2, 0) is 19.7 Å². The molecule has 0 aliphatic rings. The van der Waals surface area contributed by atoms with Gasteiger partial charge in [0.05, 0.1) is 12.8 Å². The van der Waals surface area contributed by atoms with Gasteiger partial charge in [-0.15, -0.1) is 0 Å². The number of hydrogen-bond acceptors (Lipinski definition) is 4. The second-order valence-corrected chi connectivity index (χ2v) is 6.79. The average molecular weight is 431 g/mol. The smallest absolute Gasteiger partial charge is 0.162 e. The summed E-state index contributed by atoms with van der Waals surface area (Å²) in [5, 5.41) is 3.37. The van der Waals surface area contributed by atoms with Crippen molar-refractivity contribution in [2.24, 2.45) is 0 Å². The summed E-state index contributed by atoms with van der Waals surface area (Å²) in [5.41, 5.74) is 2.92. The van der Waals surface area contributed by atoms with Gasteiger partial charge in [0.25, 0.3) is 0 Å². The van der Waals surface area contributed by atoms with E-state index in [-0.39, 0.29) is 5.82 Å². The van der Waals surface area contributed by atoms with Gasteiger partial charge in [0.1, 0.15) is 12.4 Å². The molecule has 0 amide bonds. The topological polar surface area (TPSA) is 43.4 Å². The molecule has 27 heavy (non-hydrogen) atoms. The second kappa shape index (κ2) is 9.48. The van der Waals surface area contributed by atoms with Crippen LogP contribution >= 0.6 is 15.9 Å². The summed E-state index contributed by atoms with van der Waals surface area (Å²) in [5.74, 6) is 1.01. The number of ether oxygens (including phenoxy) is 2. The number of nitrogens with zero attached hydrogens (tertiary/aromatic N) is 1. The third-order valence-electron chi connectivity index (χ3n) is 3.99. The van der Waals surface area contributed by atoms with E-state index < -0.39 is 0 Å². The number of halogens is 2. The molecular formula is C21H20BrFN2O2. The molecule has 0 spiro atoms. The van der Waals surface area contributed by atoms with E-state index in [0.717, 1.165) is 21.3 Å². The van der Waals surface area contributed by atoms with Crippen molar-refractivity contribution in [1.82, 2.24) is 10.3 Å². The third-order valence-corrected chi connectivity index (χ3v) is 4.73. The Bertz CT molecular complexity index is 873. The predicted octanol–water partition coefficient (Wildman–Crippen LogP) is 4.86. The Morgan fingerprint density at radius 2 is 1.85 bits per heavy atom. The number of methoxy groups -OCH3 is 1. The van der Waals surface area contributed by atoms with Crippen molar-refractivity contribution < 1.29 is 13.9 Å². The summed E-state index contributed by atoms with van der Waals surface area (Å²) in [7, 11) is 1.61. The molecule has 6 heteroatoms. The number of nitrogens with one attached hydrogen (secondary N) is 1. The van der Waals surface area contributed by atoms with Gasteiger partial charge in [-0.05, 0) is 47.5 Å². The molecule has 3 aromatic rings. The Morgan fingerprint density at radius 3 is 2.56 bits per heavy atom. The van der Waals surface area contributed by atoms with E-state index in [2.05, 4.69) is 26.2 Å². The summed E-state index contributed by atoms with van der Waals surface area (Å²) in [6, 6.07) is 15.9. The third kappa shape index (κ3) is 5.52. The van der Waals surface area contributed by atoms with Crippen molar-refractivity contribution in [2.75, 3.05) is 7.11 Å². The van der Waals surface area contributed by atoms with Gasteiger partial charge in [-0.2, -0.15) is 0 Å². The van der Waals surface area contributed by atoms with Crippen LogP contribution in [0.1, 0.15) is 16.8 Å². The molecule has 0 atom stereocenters. The first kappa shape index (κ1) is 19.3. The maximum absolute atomic E-state index is 13.0. The fourth-order valence-electron chi connectivity index (χ4n) is 2.55. The standard InChI is InChI=1S/C21H20BrFN2O2/c1-26-20-10-16(12-24-13-18-4-2-3-9-25-18)19(22)11-21(20)27-14-15-5-7-17(23)8-6-15/h2-11,24H,12-14H2,1H3. The van der Waals surface area contributed by atoms with E-state index >= 15 is 0 Å². The minimum absolute atomic E-state index is 0.262. The molecule has 1 aromatic heterocycles. The van der Waals surface area contributed by atoms with E-state index in [4.69, 9.17) is 9.47 Å². The molecule has 2 aromatic carbocycles. The first-order chi connectivity index (χ1) is 13.2. The molecule has 3 rings (SSSR count). The fourth-order valence-corrected chi connectivity index (χ4v) is 3.02. The summed E-state index contributed by atoms with van der Waals surface area (Å²) in [4.78, 5) is 4.30. The Balaban J connectivity index is 1.64. The van der Waals surface area contributed by atoms with E-state index in [0.29, 0.717) is 31.2 Å². The minimum Gasteiger partial charge on any atom is -0.493 e. The van der Waals surface area contributed by atoms with Crippen molar-refractivity contribution in [1.29, 1.82) is 0 Å². The highest BCUT2D eigenvalue weighted by Gasteiger charge is 2.11. The predicted molar refractivity (Wildman–Crippen MR) is 106 cm³/mol. The summed E-state index contributed by atoms with van der Waals surface area (Å²) in [6.07, 6.45) is 1.78. The van der Waals surface area contributed by atoms with E-state index in [1.165, 1.54) is 12.1 Å². The number of hydrogen-bond donors (Lipinski definition) is 1. The maximum Gasteiger partial charge on any atom is 0.162 e. The number of rotatable bonds is 8. The van der Waals surface area contributed by atoms with Crippen LogP contribution in [0.3, 0.4) is 0 Å². The van der Waals surface area contributed by atoms with Crippen LogP contribution < -0.4 is 14.8 Å². The van der Waals surface area contributed by atoms with Gasteiger partial charge >= 0.3 is 0 Å². The molecule has 0 aliphatic heterocycles. The Labute approximate surface area is 166 Å². The van der Waals surface area contributed by atoms with Crippen molar-refractivity contribution in [3.8, 4) is 11.5 Å². The van der Waals surface area contributed by atoms with Gasteiger partial charge in [0.15, 0.2) is 11.5 Å². The van der Waals surface area contributed by atoms with Gasteiger partial charge in [-0.3, -0.25) is 4.98 Å². The Morgan fingerprint density at radius 1 is 1.04 bits per heavy atom. The Hall–Kier alpha value is -2.44. The number of pyridine rings is 1. The van der Waals surface area contributed by atoms with Gasteiger partial charge in [0, 0.05) is 23.8 Å². The number of benzene rings is 2. The summed E-state index contributed by atoms with van der Waals surface area (Å²) < 4.78 is 25.2. The quantitative estimate of drug-likeness (QED) is 0.553. The highest BCUT2D eigenvalue weighted by Crippen LogP contribution is 2.34. The van der Waals surface area contributed by atoms with Crippen LogP contribution in [-0.4, -0.2) is 12.1 Å². The van der Waals surface area contributed by atoms with Crippen LogP contribution in [0.5, 0.6) is 11.5 Å². The second-order valence-electron chi connectivity index (χ2n) is 5.93. The van der Waals surface area contributed by atoms with E-state index in [1.54, 1.807) is 25.4 Å². The normalized spacial score (nSPS) is 10.6. The molecule has 4 nitrogen and oxygen atoms in total. The molecule has 1 N–H and O–H groups in total. The van der Waals surface area contributed by atoms with Gasteiger partial charge < -0.3 is 14.8 Å². The molecule has 0 fully saturated rings. The fraction of sp³-hybridized carbons (Fsp3) is 0.190. The monoisotopic (exact) mass is 430 g/mol. The largest absolute Gasteiger partial charge is 0.493 e. The zero-order valence-electron chi connectivity index (χ0n) is 14.9. The van der Waals surface area contributed by atoms with Crippen LogP contribution in [0, 0.1) is 5.82 Å². The lowest BCUT2D eigenvalue weighted by atomic mass is 10.2. The van der Waals surface area contributed by atoms with Crippen LogP contribution in [0.15, 0.2) is 65.3 Å². The van der Waals surface area contributed by atoms with Crippen LogP contribution in [0.25, 0.3) is 0 Å². The molecule has 140 valence electrons. The first-order valence-corrected chi connectivity index (χ1v) is 9.29. The zero-order valence-corrected chi connectivity index (χ0v) is 16.5. The molecule has 0 bridgehead atoms. The van der Waals surface area contributed by atoms with Crippen molar-refractivity contribution in [3.63, 3.8) is 0 Å². The van der Waals surface area contributed by atoms with Gasteiger partial charge in [-0.25, -0.2) is 4.39 Å². The molecule has 0 saturated carbocycles. The molecular weight excluding hydrogens is 411 g/mol. The first-order valence-electron chi connectivity index (χ1n) is 8.50. The average Bonchev–Trinajstić information content (AvgIpc) is 2.69. The summed E-state index contributed by atoms with van der Waals surface area (Å²) >= 11 is 3.59. The molecule has 0 saturated heterocycles. The minimum atomic E-state index is -0.262. The summed E-state index contributed by atoms with van der Waals surface area (Å²) in [6.45, 7) is 1.67. The number of aromatic nitrogens is 1. The SMILES string of the molecule is COc1cc(CNCc2ccccn2)c(Br)cc1OCc1ccc(F)cc1. The lowest BCUT2D eigenvalue weighted by Gasteiger charge is -2.14. The zero-order chi connectivity index (χ0) is 19.1. The van der Waals surface area contributed by atoms with E-state index in [9.17, 15) is 4.39 Å². The van der Waals surface area contributed by atoms with E-state index in [1.807, 2.05) is 30.3 Å². The molecule has 0 unspecified atom stereocenters. The molecule has 0 radical (unpaired) electrons. The highest BCUT2D eigenvalue weighted by atomic mass is 79.9. The molecule has 0 aliphatic carbocycles. The van der Waals surface area contributed by atoms with Crippen LogP contribution in [0.4, 0.5) is 4.39 Å². The lowest BCUT2D eigenvalue weighted by Crippen LogP contribution is -2.14. The molecule has 1 heterocycles. The van der Waals surface area contributed by atoms with Crippen LogP contribution in [0.2, 0.25) is 0 Å². The maximum atomic E-state index is 13.0. The van der Waals surface area contributed by atoms with Gasteiger partial charge in [-0.1, -0.05) is 34.1 Å². The van der Waals surface area contributed by atoms with Gasteiger partial charge in [0.2, 0.25) is 0 Å². The van der Waals surface area contributed by atoms with Crippen molar-refractivity contribution in [3.05, 3.63) is 87.9 Å². The van der Waals surface area contributed by atoms with Crippen molar-refractivity contribution in [2.45, 2.75) is 19.7 Å². The van der Waals surface area contributed by atoms with Crippen molar-refractivity contribution >= 4 is 15.9 Å². The highest BCUT2D eigenvalue weighted by molar-refractivity contribution is 9.10.